The molecule has 6 heteroatoms. The Kier molecular flexibility index (Phi) is 6.30. The van der Waals surface area contributed by atoms with Crippen LogP contribution in [0.5, 0.6) is 0 Å². The molecule has 0 unspecified atom stereocenters. The normalized spacial score (nSPS) is 13.2. The van der Waals surface area contributed by atoms with Gasteiger partial charge >= 0.3 is 5.97 Å². The number of fused-ring (bicyclic) bond motifs is 2. The number of nitrogens with one attached hydrogen (secondary N) is 2. The van der Waals surface area contributed by atoms with Gasteiger partial charge in [0, 0.05) is 53.6 Å². The van der Waals surface area contributed by atoms with Gasteiger partial charge in [0.1, 0.15) is 6.04 Å². The van der Waals surface area contributed by atoms with E-state index in [1.54, 1.807) is 6.92 Å². The number of amides is 1. The van der Waals surface area contributed by atoms with Crippen LogP contribution in [0.4, 0.5) is 0 Å². The zero-order valence-electron chi connectivity index (χ0n) is 18.7. The molecule has 0 aliphatic rings. The summed E-state index contributed by atoms with van der Waals surface area (Å²) >= 11 is 0. The quantitative estimate of drug-likeness (QED) is 0.412. The van der Waals surface area contributed by atoms with E-state index in [-0.39, 0.29) is 18.4 Å². The van der Waals surface area contributed by atoms with Crippen molar-refractivity contribution in [3.05, 3.63) is 72.1 Å². The third-order valence-electron chi connectivity index (χ3n) is 5.94. The Morgan fingerprint density at radius 1 is 1.03 bits per heavy atom. The smallest absolute Gasteiger partial charge is 0.328 e. The van der Waals surface area contributed by atoms with Gasteiger partial charge in [0.2, 0.25) is 5.91 Å². The highest BCUT2D eigenvalue weighted by molar-refractivity contribution is 5.89. The van der Waals surface area contributed by atoms with Crippen LogP contribution >= 0.6 is 0 Å². The number of esters is 1. The molecule has 1 amide bonds. The van der Waals surface area contributed by atoms with E-state index in [4.69, 9.17) is 4.74 Å². The van der Waals surface area contributed by atoms with Gasteiger partial charge in [-0.15, -0.1) is 0 Å². The predicted octanol–water partition coefficient (Wildman–Crippen LogP) is 4.13. The molecule has 0 fully saturated rings. The molecule has 4 rings (SSSR count). The number of hydrogen-bond donors (Lipinski definition) is 2. The zero-order valence-corrected chi connectivity index (χ0v) is 18.7. The second-order valence-electron chi connectivity index (χ2n) is 8.26. The fraction of sp³-hybridized carbons (Fsp3) is 0.308. The molecule has 6 nitrogen and oxygen atoms in total. The van der Waals surface area contributed by atoms with Crippen LogP contribution in [-0.4, -0.2) is 34.1 Å². The Morgan fingerprint density at radius 2 is 1.75 bits per heavy atom. The van der Waals surface area contributed by atoms with Crippen LogP contribution in [-0.2, 0) is 34.2 Å². The molecule has 0 aliphatic carbocycles. The first-order valence-electron chi connectivity index (χ1n) is 11.0. The molecule has 0 saturated carbocycles. The summed E-state index contributed by atoms with van der Waals surface area (Å²) in [5.74, 6) is -0.861. The summed E-state index contributed by atoms with van der Waals surface area (Å²) in [6.07, 6.45) is 4.93. The van der Waals surface area contributed by atoms with Gasteiger partial charge in [0.25, 0.3) is 0 Å². The summed E-state index contributed by atoms with van der Waals surface area (Å²) in [6.45, 7) is 3.93. The third-order valence-corrected chi connectivity index (χ3v) is 5.94. The second-order valence-corrected chi connectivity index (χ2v) is 8.26. The van der Waals surface area contributed by atoms with Gasteiger partial charge in [-0.2, -0.15) is 0 Å². The van der Waals surface area contributed by atoms with Crippen LogP contribution in [0.15, 0.2) is 60.9 Å². The molecule has 0 aliphatic heterocycles. The van der Waals surface area contributed by atoms with Crippen LogP contribution in [0, 0.1) is 5.92 Å². The van der Waals surface area contributed by atoms with E-state index in [0.29, 0.717) is 12.8 Å². The third kappa shape index (κ3) is 4.40. The molecule has 2 N–H and O–H groups in total. The van der Waals surface area contributed by atoms with Crippen molar-refractivity contribution in [2.24, 2.45) is 13.0 Å². The van der Waals surface area contributed by atoms with Crippen molar-refractivity contribution in [2.75, 3.05) is 6.61 Å². The second kappa shape index (κ2) is 9.30. The average Bonchev–Trinajstić information content (AvgIpc) is 3.34. The Morgan fingerprint density at radius 3 is 2.53 bits per heavy atom. The minimum atomic E-state index is -0.737. The van der Waals surface area contributed by atoms with Crippen LogP contribution in [0.2, 0.25) is 0 Å². The largest absolute Gasteiger partial charge is 0.464 e. The van der Waals surface area contributed by atoms with Crippen molar-refractivity contribution in [1.29, 1.82) is 0 Å². The minimum absolute atomic E-state index is 0.159. The van der Waals surface area contributed by atoms with E-state index in [2.05, 4.69) is 10.3 Å². The van der Waals surface area contributed by atoms with E-state index in [0.717, 1.165) is 32.9 Å². The number of rotatable bonds is 8. The molecular formula is C26H29N3O3. The van der Waals surface area contributed by atoms with Crippen molar-refractivity contribution in [1.82, 2.24) is 14.9 Å². The Balaban J connectivity index is 1.51. The van der Waals surface area contributed by atoms with Crippen molar-refractivity contribution in [3.63, 3.8) is 0 Å². The van der Waals surface area contributed by atoms with E-state index in [1.807, 2.05) is 79.5 Å². The lowest BCUT2D eigenvalue weighted by Gasteiger charge is -2.20. The number of ether oxygens (including phenoxy) is 1. The first kappa shape index (κ1) is 21.7. The van der Waals surface area contributed by atoms with Gasteiger partial charge in [-0.05, 0) is 36.6 Å². The van der Waals surface area contributed by atoms with E-state index < -0.39 is 12.0 Å². The lowest BCUT2D eigenvalue weighted by Crippen LogP contribution is -2.45. The molecule has 2 aromatic heterocycles. The number of aromatic amines is 1. The monoisotopic (exact) mass is 431 g/mol. The first-order chi connectivity index (χ1) is 15.5. The molecule has 2 heterocycles. The van der Waals surface area contributed by atoms with E-state index in [9.17, 15) is 9.59 Å². The summed E-state index contributed by atoms with van der Waals surface area (Å²) in [4.78, 5) is 29.0. The van der Waals surface area contributed by atoms with Crippen molar-refractivity contribution < 1.29 is 14.3 Å². The lowest BCUT2D eigenvalue weighted by molar-refractivity contribution is -0.147. The summed E-state index contributed by atoms with van der Waals surface area (Å²) in [5, 5.41) is 5.14. The molecule has 2 atom stereocenters. The van der Waals surface area contributed by atoms with Crippen LogP contribution in [0.1, 0.15) is 25.0 Å². The van der Waals surface area contributed by atoms with Crippen molar-refractivity contribution >= 4 is 33.7 Å². The van der Waals surface area contributed by atoms with Gasteiger partial charge in [-0.1, -0.05) is 43.3 Å². The maximum absolute atomic E-state index is 13.0. The van der Waals surface area contributed by atoms with Crippen LogP contribution in [0.25, 0.3) is 21.8 Å². The SMILES string of the molecule is CCOC(=O)[C@@H](Cc1cn(C)c2ccccc12)NC(=O)[C@@H](C)Cc1c[nH]c2ccccc12. The molecule has 4 aromatic rings. The Hall–Kier alpha value is -3.54. The maximum atomic E-state index is 13.0. The summed E-state index contributed by atoms with van der Waals surface area (Å²) in [7, 11) is 1.98. The molecule has 0 bridgehead atoms. The summed E-state index contributed by atoms with van der Waals surface area (Å²) in [6, 6.07) is 15.4. The number of para-hydroxylation sites is 2. The molecule has 166 valence electrons. The fourth-order valence-corrected chi connectivity index (χ4v) is 4.28. The highest BCUT2D eigenvalue weighted by atomic mass is 16.5. The highest BCUT2D eigenvalue weighted by Crippen LogP contribution is 2.23. The van der Waals surface area contributed by atoms with E-state index >= 15 is 0 Å². The molecular weight excluding hydrogens is 402 g/mol. The standard InChI is InChI=1S/C26H29N3O3/c1-4-32-26(31)23(14-19-16-29(3)24-12-8-6-10-21(19)24)28-25(30)17(2)13-18-15-27-22-11-7-5-9-20(18)22/h5-12,15-17,23,27H,4,13-14H2,1-3H3,(H,28,30)/t17-,23+/m0/s1. The van der Waals surface area contributed by atoms with Gasteiger partial charge in [-0.25, -0.2) is 4.79 Å². The number of H-pyrrole nitrogens is 1. The van der Waals surface area contributed by atoms with Crippen LogP contribution in [0.3, 0.4) is 0 Å². The Bertz CT molecular complexity index is 1250. The summed E-state index contributed by atoms with van der Waals surface area (Å²) in [5.41, 5.74) is 4.23. The molecule has 0 radical (unpaired) electrons. The number of nitrogens with zero attached hydrogens (tertiary/aromatic N) is 1. The van der Waals surface area contributed by atoms with Crippen molar-refractivity contribution in [2.45, 2.75) is 32.7 Å². The lowest BCUT2D eigenvalue weighted by atomic mass is 9.98. The van der Waals surface area contributed by atoms with E-state index in [1.165, 1.54) is 0 Å². The fourth-order valence-electron chi connectivity index (χ4n) is 4.28. The predicted molar refractivity (Wildman–Crippen MR) is 126 cm³/mol. The topological polar surface area (TPSA) is 76.1 Å². The highest BCUT2D eigenvalue weighted by Gasteiger charge is 2.26. The van der Waals surface area contributed by atoms with Gasteiger partial charge in [-0.3, -0.25) is 4.79 Å². The maximum Gasteiger partial charge on any atom is 0.328 e. The number of hydrogen-bond acceptors (Lipinski definition) is 3. The molecule has 0 spiro atoms. The zero-order chi connectivity index (χ0) is 22.7. The van der Waals surface area contributed by atoms with Gasteiger partial charge in [0.05, 0.1) is 6.61 Å². The number of carbonyl (C=O) groups is 2. The number of carbonyl (C=O) groups excluding carboxylic acids is 2. The number of aryl methyl sites for hydroxylation is 1. The minimum Gasteiger partial charge on any atom is -0.464 e. The van der Waals surface area contributed by atoms with Crippen molar-refractivity contribution in [3.8, 4) is 0 Å². The molecule has 0 saturated heterocycles. The molecule has 2 aromatic carbocycles. The van der Waals surface area contributed by atoms with Gasteiger partial charge < -0.3 is 19.6 Å². The average molecular weight is 432 g/mol. The Labute approximate surface area is 187 Å². The molecule has 32 heavy (non-hydrogen) atoms. The summed E-state index contributed by atoms with van der Waals surface area (Å²) < 4.78 is 7.31. The number of aromatic nitrogens is 2. The van der Waals surface area contributed by atoms with Crippen LogP contribution < -0.4 is 5.32 Å². The number of benzene rings is 2. The van der Waals surface area contributed by atoms with Gasteiger partial charge in [0.15, 0.2) is 0 Å². The first-order valence-corrected chi connectivity index (χ1v) is 11.0.